The Hall–Kier alpha value is -0.240. The van der Waals surface area contributed by atoms with Gasteiger partial charge in [-0.2, -0.15) is 0 Å². The summed E-state index contributed by atoms with van der Waals surface area (Å²) >= 11 is 0. The quantitative estimate of drug-likeness (QED) is 0.257. The lowest BCUT2D eigenvalue weighted by Gasteiger charge is -2.43. The maximum Gasteiger partial charge on any atom is 0.112 e. The third-order valence-corrected chi connectivity index (χ3v) is 2.53. The van der Waals surface area contributed by atoms with Gasteiger partial charge < -0.3 is 31.3 Å². The van der Waals surface area contributed by atoms with Crippen LogP contribution in [-0.4, -0.2) is 62.1 Å². The van der Waals surface area contributed by atoms with Crippen LogP contribution in [0.15, 0.2) is 0 Å². The Balaban J connectivity index is 2.82. The minimum Gasteiger partial charge on any atom is -0.390 e. The summed E-state index contributed by atoms with van der Waals surface area (Å²) in [7, 11) is 0. The maximum atomic E-state index is 9.60. The van der Waals surface area contributed by atoms with Crippen molar-refractivity contribution >= 4 is 0 Å². The molecule has 0 aromatic heterocycles. The molecule has 0 aromatic carbocycles. The zero-order valence-electron chi connectivity index (χ0n) is 7.04. The Labute approximate surface area is 75.2 Å². The number of aliphatic hydroxyl groups is 5. The fourth-order valence-corrected chi connectivity index (χ4v) is 1.54. The van der Waals surface area contributed by atoms with Crippen molar-refractivity contribution in [3.8, 4) is 0 Å². The van der Waals surface area contributed by atoms with Crippen LogP contribution in [0.3, 0.4) is 0 Å². The second kappa shape index (κ2) is 3.49. The largest absolute Gasteiger partial charge is 0.390 e. The summed E-state index contributed by atoms with van der Waals surface area (Å²) in [5.74, 6) is 0. The van der Waals surface area contributed by atoms with E-state index in [1.54, 1.807) is 0 Å². The summed E-state index contributed by atoms with van der Waals surface area (Å²) in [6.07, 6.45) is -6.06. The van der Waals surface area contributed by atoms with Crippen LogP contribution in [0.5, 0.6) is 0 Å². The topological polar surface area (TPSA) is 127 Å². The van der Waals surface area contributed by atoms with Crippen LogP contribution in [0.1, 0.15) is 6.42 Å². The van der Waals surface area contributed by atoms with Gasteiger partial charge in [0.1, 0.15) is 23.9 Å². The van der Waals surface area contributed by atoms with Crippen molar-refractivity contribution < 1.29 is 25.5 Å². The van der Waals surface area contributed by atoms with Crippen LogP contribution in [0.4, 0.5) is 0 Å². The van der Waals surface area contributed by atoms with E-state index in [0.717, 1.165) is 0 Å². The molecule has 1 aliphatic carbocycles. The van der Waals surface area contributed by atoms with Gasteiger partial charge in [0, 0.05) is 13.0 Å². The first-order chi connectivity index (χ1) is 5.92. The van der Waals surface area contributed by atoms with Crippen molar-refractivity contribution in [2.24, 2.45) is 5.73 Å². The first kappa shape index (κ1) is 10.8. The van der Waals surface area contributed by atoms with E-state index in [-0.39, 0.29) is 13.0 Å². The van der Waals surface area contributed by atoms with E-state index in [4.69, 9.17) is 10.8 Å². The minimum atomic E-state index is -1.72. The Bertz CT molecular complexity index is 190. The second-order valence-corrected chi connectivity index (χ2v) is 3.51. The number of hydrogen-bond acceptors (Lipinski definition) is 6. The highest BCUT2D eigenvalue weighted by Gasteiger charge is 2.50. The van der Waals surface area contributed by atoms with E-state index in [9.17, 15) is 20.4 Å². The third-order valence-electron chi connectivity index (χ3n) is 2.53. The highest BCUT2D eigenvalue weighted by molar-refractivity contribution is 5.02. The molecular formula is C7H15NO5. The van der Waals surface area contributed by atoms with Gasteiger partial charge in [0.25, 0.3) is 0 Å². The van der Waals surface area contributed by atoms with Crippen molar-refractivity contribution in [3.63, 3.8) is 0 Å². The highest BCUT2D eigenvalue weighted by atomic mass is 16.4. The maximum absolute atomic E-state index is 9.60. The predicted octanol–water partition coefficient (Wildman–Crippen LogP) is -3.48. The zero-order chi connectivity index (χ0) is 10.2. The lowest BCUT2D eigenvalue weighted by molar-refractivity contribution is -0.214. The molecule has 0 spiro atoms. The molecule has 1 aliphatic rings. The van der Waals surface area contributed by atoms with E-state index in [1.165, 1.54) is 0 Å². The van der Waals surface area contributed by atoms with E-state index < -0.39 is 30.0 Å². The molecule has 1 fully saturated rings. The molecule has 0 bridgehead atoms. The van der Waals surface area contributed by atoms with Crippen molar-refractivity contribution in [1.82, 2.24) is 0 Å². The van der Waals surface area contributed by atoms with Crippen molar-refractivity contribution in [2.45, 2.75) is 36.4 Å². The number of nitrogens with two attached hydrogens (primary N) is 1. The lowest BCUT2D eigenvalue weighted by atomic mass is 9.77. The van der Waals surface area contributed by atoms with Gasteiger partial charge in [-0.05, 0) is 0 Å². The Morgan fingerprint density at radius 1 is 1.15 bits per heavy atom. The van der Waals surface area contributed by atoms with E-state index in [0.29, 0.717) is 0 Å². The van der Waals surface area contributed by atoms with Gasteiger partial charge >= 0.3 is 0 Å². The SMILES string of the molecule is NC[C@]1(O)C[C@@H](O)[C@@H](O)[C@H](O)[C@H]1O. The number of aliphatic hydroxyl groups excluding tert-OH is 4. The number of rotatable bonds is 1. The minimum absolute atomic E-state index is 0.247. The molecule has 0 heterocycles. The summed E-state index contributed by atoms with van der Waals surface area (Å²) in [5, 5.41) is 46.5. The standard InChI is InChI=1S/C7H15NO5/c8-2-7(13)1-3(9)4(10)5(11)6(7)12/h3-6,9-13H,1-2,8H2/t3-,4-,5+,6-,7-/m1/s1. The molecule has 0 aromatic rings. The van der Waals surface area contributed by atoms with Gasteiger partial charge in [-0.15, -0.1) is 0 Å². The molecule has 0 aliphatic heterocycles. The fourth-order valence-electron chi connectivity index (χ4n) is 1.54. The third kappa shape index (κ3) is 1.69. The summed E-state index contributed by atoms with van der Waals surface area (Å²) in [6.45, 7) is -0.283. The second-order valence-electron chi connectivity index (χ2n) is 3.51. The fraction of sp³-hybridized carbons (Fsp3) is 1.00. The average molecular weight is 193 g/mol. The van der Waals surface area contributed by atoms with Gasteiger partial charge in [0.05, 0.1) is 6.10 Å². The Morgan fingerprint density at radius 3 is 2.15 bits per heavy atom. The first-order valence-corrected chi connectivity index (χ1v) is 4.07. The molecule has 6 nitrogen and oxygen atoms in total. The van der Waals surface area contributed by atoms with E-state index in [1.807, 2.05) is 0 Å². The predicted molar refractivity (Wildman–Crippen MR) is 42.6 cm³/mol. The summed E-state index contributed by atoms with van der Waals surface area (Å²) in [4.78, 5) is 0. The van der Waals surface area contributed by atoms with Gasteiger partial charge in [0.2, 0.25) is 0 Å². The van der Waals surface area contributed by atoms with Crippen LogP contribution in [0.2, 0.25) is 0 Å². The summed E-state index contributed by atoms with van der Waals surface area (Å²) in [5.41, 5.74) is 3.46. The van der Waals surface area contributed by atoms with Gasteiger partial charge in [-0.3, -0.25) is 0 Å². The molecule has 7 N–H and O–H groups in total. The molecule has 5 atom stereocenters. The van der Waals surface area contributed by atoms with Gasteiger partial charge in [0.15, 0.2) is 0 Å². The first-order valence-electron chi connectivity index (χ1n) is 4.07. The molecule has 78 valence electrons. The Morgan fingerprint density at radius 2 is 1.69 bits per heavy atom. The van der Waals surface area contributed by atoms with Crippen molar-refractivity contribution in [1.29, 1.82) is 0 Å². The van der Waals surface area contributed by atoms with Crippen LogP contribution in [0, 0.1) is 0 Å². The average Bonchev–Trinajstić information content (AvgIpc) is 2.12. The molecule has 6 heteroatoms. The molecule has 1 rings (SSSR count). The lowest BCUT2D eigenvalue weighted by Crippen LogP contribution is -2.65. The van der Waals surface area contributed by atoms with Crippen LogP contribution < -0.4 is 5.73 Å². The molecule has 0 radical (unpaired) electrons. The monoisotopic (exact) mass is 193 g/mol. The summed E-state index contributed by atoms with van der Waals surface area (Å²) < 4.78 is 0. The molecule has 0 unspecified atom stereocenters. The Kier molecular flexibility index (Phi) is 2.91. The van der Waals surface area contributed by atoms with E-state index in [2.05, 4.69) is 0 Å². The molecular weight excluding hydrogens is 178 g/mol. The van der Waals surface area contributed by atoms with Crippen molar-refractivity contribution in [3.05, 3.63) is 0 Å². The van der Waals surface area contributed by atoms with Crippen molar-refractivity contribution in [2.75, 3.05) is 6.54 Å². The molecule has 0 amide bonds. The van der Waals surface area contributed by atoms with Gasteiger partial charge in [-0.25, -0.2) is 0 Å². The normalized spacial score (nSPS) is 52.2. The smallest absolute Gasteiger partial charge is 0.112 e. The van der Waals surface area contributed by atoms with Gasteiger partial charge in [-0.1, -0.05) is 0 Å². The molecule has 0 saturated heterocycles. The van der Waals surface area contributed by atoms with Crippen LogP contribution in [0.25, 0.3) is 0 Å². The molecule has 1 saturated carbocycles. The van der Waals surface area contributed by atoms with Crippen LogP contribution >= 0.6 is 0 Å². The zero-order valence-corrected chi connectivity index (χ0v) is 7.04. The van der Waals surface area contributed by atoms with Crippen LogP contribution in [-0.2, 0) is 0 Å². The molecule has 13 heavy (non-hydrogen) atoms. The number of hydrogen-bond donors (Lipinski definition) is 6. The van der Waals surface area contributed by atoms with E-state index >= 15 is 0 Å². The summed E-state index contributed by atoms with van der Waals surface area (Å²) in [6, 6.07) is 0. The highest BCUT2D eigenvalue weighted by Crippen LogP contribution is 2.28.